The van der Waals surface area contributed by atoms with Gasteiger partial charge in [0.1, 0.15) is 12.4 Å². The number of fused-ring (bicyclic) bond motifs is 2. The number of rotatable bonds is 6. The molecule has 2 aliphatic rings. The molecule has 4 rings (SSSR count). The van der Waals surface area contributed by atoms with Gasteiger partial charge < -0.3 is 40.4 Å². The normalized spacial score (nSPS) is 18.4. The Labute approximate surface area is 202 Å². The summed E-state index contributed by atoms with van der Waals surface area (Å²) in [5.74, 6) is 0.428. The number of hydrogen-bond acceptors (Lipinski definition) is 6. The highest BCUT2D eigenvalue weighted by Gasteiger charge is 2.40. The smallest absolute Gasteiger partial charge is 0.361 e. The maximum absolute atomic E-state index is 13.3. The Hall–Kier alpha value is -2.91. The fourth-order valence-electron chi connectivity index (χ4n) is 4.30. The van der Waals surface area contributed by atoms with Crippen molar-refractivity contribution in [2.45, 2.75) is 13.0 Å². The SMILES string of the molecule is COC(=O)C[N+]1(C)CCc2c(c(OC)c3c(c2C(=O)/C=C/c2ccc(F)cc2)OCO3)C1.[Br-]. The molecule has 2 aromatic carbocycles. The fourth-order valence-corrected chi connectivity index (χ4v) is 4.30. The molecule has 0 saturated carbocycles. The molecule has 7 nitrogen and oxygen atoms in total. The molecule has 0 fully saturated rings. The minimum absolute atomic E-state index is 0. The van der Waals surface area contributed by atoms with E-state index in [1.165, 1.54) is 25.3 Å². The molecule has 0 bridgehead atoms. The first-order valence-corrected chi connectivity index (χ1v) is 10.2. The van der Waals surface area contributed by atoms with Crippen LogP contribution >= 0.6 is 0 Å². The van der Waals surface area contributed by atoms with E-state index in [-0.39, 0.29) is 47.9 Å². The van der Waals surface area contributed by atoms with Crippen LogP contribution in [0.1, 0.15) is 27.0 Å². The number of halogens is 2. The molecule has 0 spiro atoms. The lowest BCUT2D eigenvalue weighted by molar-refractivity contribution is -0.917. The van der Waals surface area contributed by atoms with E-state index in [2.05, 4.69) is 0 Å². The molecule has 0 aromatic heterocycles. The standard InChI is InChI=1S/C24H25FNO6.BrH/c1-26(13-20(28)29-2)11-10-17-18(12-26)22(30-3)24-23(31-14-32-24)21(17)19(27)9-6-15-4-7-16(25)8-5-15;/h4-9H,10-14H2,1-3H3;1H/q+1;/p-1/b9-6+;. The fraction of sp³-hybridized carbons (Fsp3) is 0.333. The molecule has 33 heavy (non-hydrogen) atoms. The maximum Gasteiger partial charge on any atom is 0.361 e. The van der Waals surface area contributed by atoms with Gasteiger partial charge in [-0.15, -0.1) is 0 Å². The summed E-state index contributed by atoms with van der Waals surface area (Å²) in [5, 5.41) is 0. The number of allylic oxidation sites excluding steroid dienone is 1. The van der Waals surface area contributed by atoms with Crippen LogP contribution in [0.5, 0.6) is 17.2 Å². The predicted octanol–water partition coefficient (Wildman–Crippen LogP) is 0.139. The second-order valence-electron chi connectivity index (χ2n) is 8.16. The Kier molecular flexibility index (Phi) is 7.44. The van der Waals surface area contributed by atoms with Crippen LogP contribution < -0.4 is 31.2 Å². The molecular formula is C24H25BrFNO6. The van der Waals surface area contributed by atoms with E-state index in [0.717, 1.165) is 11.1 Å². The van der Waals surface area contributed by atoms with Crippen molar-refractivity contribution in [2.75, 3.05) is 41.1 Å². The highest BCUT2D eigenvalue weighted by molar-refractivity contribution is 6.11. The quantitative estimate of drug-likeness (QED) is 0.233. The summed E-state index contributed by atoms with van der Waals surface area (Å²) < 4.78 is 35.4. The van der Waals surface area contributed by atoms with Crippen LogP contribution in [0.3, 0.4) is 0 Å². The number of carbonyl (C=O) groups excluding carboxylic acids is 2. The second-order valence-corrected chi connectivity index (χ2v) is 8.16. The second kappa shape index (κ2) is 9.93. The van der Waals surface area contributed by atoms with Crippen molar-refractivity contribution in [3.63, 3.8) is 0 Å². The van der Waals surface area contributed by atoms with Crippen LogP contribution in [0.25, 0.3) is 6.08 Å². The van der Waals surface area contributed by atoms with E-state index < -0.39 is 0 Å². The maximum atomic E-state index is 13.3. The molecule has 0 saturated heterocycles. The van der Waals surface area contributed by atoms with Gasteiger partial charge >= 0.3 is 5.97 Å². The molecule has 2 aliphatic heterocycles. The molecule has 0 radical (unpaired) electrons. The number of hydrogen-bond donors (Lipinski definition) is 0. The van der Waals surface area contributed by atoms with E-state index in [1.807, 2.05) is 7.05 Å². The largest absolute Gasteiger partial charge is 1.00 e. The van der Waals surface area contributed by atoms with Crippen molar-refractivity contribution >= 4 is 17.8 Å². The number of ketones is 1. The van der Waals surface area contributed by atoms with E-state index in [1.54, 1.807) is 25.3 Å². The molecule has 0 amide bonds. The van der Waals surface area contributed by atoms with Gasteiger partial charge in [-0.25, -0.2) is 9.18 Å². The minimum Gasteiger partial charge on any atom is -1.00 e. The Balaban J connectivity index is 0.00000306. The average Bonchev–Trinajstić information content (AvgIpc) is 3.25. The zero-order valence-corrected chi connectivity index (χ0v) is 20.2. The molecule has 1 unspecified atom stereocenters. The van der Waals surface area contributed by atoms with E-state index in [9.17, 15) is 14.0 Å². The number of quaternary nitrogens is 1. The van der Waals surface area contributed by atoms with Gasteiger partial charge in [0.25, 0.3) is 0 Å². The van der Waals surface area contributed by atoms with Crippen molar-refractivity contribution in [3.05, 3.63) is 58.4 Å². The molecule has 0 N–H and O–H groups in total. The number of benzene rings is 2. The highest BCUT2D eigenvalue weighted by atomic mass is 79.9. The average molecular weight is 522 g/mol. The van der Waals surface area contributed by atoms with E-state index in [0.29, 0.717) is 52.4 Å². The van der Waals surface area contributed by atoms with Crippen molar-refractivity contribution in [2.24, 2.45) is 0 Å². The lowest BCUT2D eigenvalue weighted by Gasteiger charge is -2.38. The van der Waals surface area contributed by atoms with Gasteiger partial charge in [0.15, 0.2) is 23.8 Å². The summed E-state index contributed by atoms with van der Waals surface area (Å²) >= 11 is 0. The molecular weight excluding hydrogens is 497 g/mol. The number of carbonyl (C=O) groups is 2. The zero-order chi connectivity index (χ0) is 22.9. The molecule has 176 valence electrons. The van der Waals surface area contributed by atoms with Crippen LogP contribution in [0.15, 0.2) is 30.3 Å². The van der Waals surface area contributed by atoms with Crippen molar-refractivity contribution in [1.29, 1.82) is 0 Å². The van der Waals surface area contributed by atoms with Gasteiger partial charge in [0, 0.05) is 6.42 Å². The summed E-state index contributed by atoms with van der Waals surface area (Å²) in [7, 11) is 4.89. The lowest BCUT2D eigenvalue weighted by Crippen LogP contribution is -3.00. The molecule has 1 atom stereocenters. The number of nitrogens with zero attached hydrogens (tertiary/aromatic N) is 1. The highest BCUT2D eigenvalue weighted by Crippen LogP contribution is 2.50. The Morgan fingerprint density at radius 2 is 1.82 bits per heavy atom. The van der Waals surface area contributed by atoms with Gasteiger partial charge in [0.2, 0.25) is 12.5 Å². The summed E-state index contributed by atoms with van der Waals surface area (Å²) in [4.78, 5) is 25.2. The third-order valence-electron chi connectivity index (χ3n) is 5.91. The van der Waals surface area contributed by atoms with E-state index in [4.69, 9.17) is 18.9 Å². The number of esters is 1. The van der Waals surface area contributed by atoms with Gasteiger partial charge in [-0.2, -0.15) is 0 Å². The first-order valence-electron chi connectivity index (χ1n) is 10.2. The third kappa shape index (κ3) is 4.89. The number of ether oxygens (including phenoxy) is 4. The molecule has 0 aliphatic carbocycles. The Morgan fingerprint density at radius 3 is 2.48 bits per heavy atom. The molecule has 2 aromatic rings. The monoisotopic (exact) mass is 521 g/mol. The number of methoxy groups -OCH3 is 2. The topological polar surface area (TPSA) is 71.1 Å². The molecule has 9 heteroatoms. The van der Waals surface area contributed by atoms with Crippen LogP contribution in [0.2, 0.25) is 0 Å². The Morgan fingerprint density at radius 1 is 1.12 bits per heavy atom. The summed E-state index contributed by atoms with van der Waals surface area (Å²) in [6.45, 7) is 1.32. The van der Waals surface area contributed by atoms with Crippen LogP contribution in [0, 0.1) is 5.82 Å². The first-order chi connectivity index (χ1) is 15.3. The lowest BCUT2D eigenvalue weighted by atomic mass is 9.89. The van der Waals surface area contributed by atoms with Crippen LogP contribution in [0.4, 0.5) is 4.39 Å². The minimum atomic E-state index is -0.339. The van der Waals surface area contributed by atoms with Crippen LogP contribution in [-0.4, -0.2) is 57.4 Å². The summed E-state index contributed by atoms with van der Waals surface area (Å²) in [5.41, 5.74) is 2.81. The summed E-state index contributed by atoms with van der Waals surface area (Å²) in [6, 6.07) is 5.88. The van der Waals surface area contributed by atoms with Crippen LogP contribution in [-0.2, 0) is 22.5 Å². The third-order valence-corrected chi connectivity index (χ3v) is 5.91. The van der Waals surface area contributed by atoms with Crippen molar-refractivity contribution < 1.29 is 54.4 Å². The van der Waals surface area contributed by atoms with Gasteiger partial charge in [0.05, 0.1) is 38.9 Å². The Bertz CT molecular complexity index is 1100. The number of likely N-dealkylation sites (N-methyl/N-ethyl adjacent to an activating group) is 1. The van der Waals surface area contributed by atoms with Gasteiger partial charge in [-0.05, 0) is 29.3 Å². The first kappa shape index (κ1) is 24.7. The zero-order valence-electron chi connectivity index (χ0n) is 18.7. The van der Waals surface area contributed by atoms with Gasteiger partial charge in [-0.3, -0.25) is 4.79 Å². The van der Waals surface area contributed by atoms with Gasteiger partial charge in [-0.1, -0.05) is 18.2 Å². The van der Waals surface area contributed by atoms with E-state index >= 15 is 0 Å². The predicted molar refractivity (Wildman–Crippen MR) is 114 cm³/mol. The van der Waals surface area contributed by atoms with Crippen molar-refractivity contribution in [1.82, 2.24) is 0 Å². The summed E-state index contributed by atoms with van der Waals surface area (Å²) in [6.07, 6.45) is 3.65. The van der Waals surface area contributed by atoms with Crippen molar-refractivity contribution in [3.8, 4) is 17.2 Å². The molecule has 2 heterocycles.